The van der Waals surface area contributed by atoms with E-state index in [0.717, 1.165) is 12.0 Å². The van der Waals surface area contributed by atoms with Crippen LogP contribution in [-0.2, 0) is 4.79 Å². The number of rotatable bonds is 4. The molecule has 0 aromatic carbocycles. The van der Waals surface area contributed by atoms with Gasteiger partial charge in [-0.2, -0.15) is 0 Å². The highest BCUT2D eigenvalue weighted by Gasteiger charge is 1.91. The molecule has 1 amide bonds. The van der Waals surface area contributed by atoms with E-state index in [1.165, 1.54) is 6.92 Å². The van der Waals surface area contributed by atoms with Gasteiger partial charge in [-0.15, -0.1) is 0 Å². The lowest BCUT2D eigenvalue weighted by Crippen LogP contribution is -2.21. The number of carbonyl (C=O) groups is 1. The first-order chi connectivity index (χ1) is 5.20. The summed E-state index contributed by atoms with van der Waals surface area (Å²) in [6.07, 6.45) is 4.78. The first kappa shape index (κ1) is 9.95. The average Bonchev–Trinajstić information content (AvgIpc) is 1.97. The van der Waals surface area contributed by atoms with Crippen molar-refractivity contribution < 1.29 is 4.79 Å². The van der Waals surface area contributed by atoms with Crippen molar-refractivity contribution in [2.45, 2.75) is 20.3 Å². The van der Waals surface area contributed by atoms with Gasteiger partial charge in [-0.1, -0.05) is 25.7 Å². The van der Waals surface area contributed by atoms with Crippen LogP contribution in [0.3, 0.4) is 0 Å². The summed E-state index contributed by atoms with van der Waals surface area (Å²) in [7, 11) is 0. The summed E-state index contributed by atoms with van der Waals surface area (Å²) in [5.74, 6) is -0.00569. The molecular weight excluding hydrogens is 138 g/mol. The highest BCUT2D eigenvalue weighted by Crippen LogP contribution is 1.95. The highest BCUT2D eigenvalue weighted by atomic mass is 16.1. The second-order valence-corrected chi connectivity index (χ2v) is 2.30. The first-order valence-electron chi connectivity index (χ1n) is 3.76. The number of amides is 1. The molecule has 0 bridgehead atoms. The third-order valence-electron chi connectivity index (χ3n) is 1.27. The largest absolute Gasteiger partial charge is 0.352 e. The SMILES string of the molecule is C=CC(=CCC)CNC(C)=O. The summed E-state index contributed by atoms with van der Waals surface area (Å²) in [6.45, 7) is 7.79. The van der Waals surface area contributed by atoms with E-state index in [1.807, 2.05) is 6.08 Å². The van der Waals surface area contributed by atoms with Gasteiger partial charge in [0.05, 0.1) is 0 Å². The lowest BCUT2D eigenvalue weighted by atomic mass is 10.2. The molecule has 0 fully saturated rings. The van der Waals surface area contributed by atoms with E-state index in [2.05, 4.69) is 18.8 Å². The van der Waals surface area contributed by atoms with Crippen molar-refractivity contribution in [3.63, 3.8) is 0 Å². The first-order valence-corrected chi connectivity index (χ1v) is 3.76. The highest BCUT2D eigenvalue weighted by molar-refractivity contribution is 5.73. The van der Waals surface area contributed by atoms with Crippen molar-refractivity contribution in [3.05, 3.63) is 24.3 Å². The van der Waals surface area contributed by atoms with Gasteiger partial charge in [-0.25, -0.2) is 0 Å². The van der Waals surface area contributed by atoms with Gasteiger partial charge in [0.2, 0.25) is 5.91 Å². The van der Waals surface area contributed by atoms with E-state index in [1.54, 1.807) is 6.08 Å². The van der Waals surface area contributed by atoms with Crippen LogP contribution in [0.5, 0.6) is 0 Å². The molecule has 0 aromatic heterocycles. The summed E-state index contributed by atoms with van der Waals surface area (Å²) in [5.41, 5.74) is 1.07. The van der Waals surface area contributed by atoms with E-state index < -0.39 is 0 Å². The summed E-state index contributed by atoms with van der Waals surface area (Å²) < 4.78 is 0. The zero-order valence-corrected chi connectivity index (χ0v) is 7.18. The molecule has 0 aromatic rings. The van der Waals surface area contributed by atoms with E-state index in [4.69, 9.17) is 0 Å². The Hall–Kier alpha value is -1.05. The fourth-order valence-corrected chi connectivity index (χ4v) is 0.716. The number of hydrogen-bond donors (Lipinski definition) is 1. The van der Waals surface area contributed by atoms with Crippen LogP contribution in [0, 0.1) is 0 Å². The van der Waals surface area contributed by atoms with Crippen LogP contribution in [0.2, 0.25) is 0 Å². The van der Waals surface area contributed by atoms with E-state index in [0.29, 0.717) is 6.54 Å². The molecule has 11 heavy (non-hydrogen) atoms. The van der Waals surface area contributed by atoms with Crippen LogP contribution in [0.4, 0.5) is 0 Å². The van der Waals surface area contributed by atoms with Crippen LogP contribution in [0.15, 0.2) is 24.3 Å². The number of nitrogens with one attached hydrogen (secondary N) is 1. The van der Waals surface area contributed by atoms with Crippen molar-refractivity contribution in [3.8, 4) is 0 Å². The molecule has 2 heteroatoms. The molecule has 0 aliphatic heterocycles. The van der Waals surface area contributed by atoms with Crippen molar-refractivity contribution in [2.75, 3.05) is 6.54 Å². The third kappa shape index (κ3) is 5.40. The van der Waals surface area contributed by atoms with Gasteiger partial charge in [0.25, 0.3) is 0 Å². The van der Waals surface area contributed by atoms with Crippen LogP contribution >= 0.6 is 0 Å². The number of hydrogen-bond acceptors (Lipinski definition) is 1. The van der Waals surface area contributed by atoms with E-state index >= 15 is 0 Å². The predicted octanol–water partition coefficient (Wildman–Crippen LogP) is 1.64. The molecule has 0 spiro atoms. The Morgan fingerprint density at radius 2 is 2.27 bits per heavy atom. The van der Waals surface area contributed by atoms with Crippen LogP contribution < -0.4 is 5.32 Å². The fraction of sp³-hybridized carbons (Fsp3) is 0.444. The normalized spacial score (nSPS) is 10.9. The standard InChI is InChI=1S/C9H15NO/c1-4-6-9(5-2)7-10-8(3)11/h5-6H,2,4,7H2,1,3H3,(H,10,11). The molecular formula is C9H15NO. The minimum absolute atomic E-state index is 0.00569. The van der Waals surface area contributed by atoms with E-state index in [-0.39, 0.29) is 5.91 Å². The minimum atomic E-state index is -0.00569. The average molecular weight is 153 g/mol. The van der Waals surface area contributed by atoms with Gasteiger partial charge in [0.15, 0.2) is 0 Å². The number of allylic oxidation sites excluding steroid dienone is 1. The summed E-state index contributed by atoms with van der Waals surface area (Å²) >= 11 is 0. The van der Waals surface area contributed by atoms with Gasteiger partial charge >= 0.3 is 0 Å². The molecule has 2 nitrogen and oxygen atoms in total. The fourth-order valence-electron chi connectivity index (χ4n) is 0.716. The van der Waals surface area contributed by atoms with Gasteiger partial charge < -0.3 is 5.32 Å². The Labute approximate surface area is 68.0 Å². The molecule has 62 valence electrons. The number of carbonyl (C=O) groups excluding carboxylic acids is 1. The van der Waals surface area contributed by atoms with Gasteiger partial charge in [0.1, 0.15) is 0 Å². The zero-order valence-electron chi connectivity index (χ0n) is 7.18. The van der Waals surface area contributed by atoms with E-state index in [9.17, 15) is 4.79 Å². The summed E-state index contributed by atoms with van der Waals surface area (Å²) in [4.78, 5) is 10.5. The monoisotopic (exact) mass is 153 g/mol. The van der Waals surface area contributed by atoms with Crippen molar-refractivity contribution in [1.29, 1.82) is 0 Å². The zero-order chi connectivity index (χ0) is 8.69. The van der Waals surface area contributed by atoms with Crippen molar-refractivity contribution in [2.24, 2.45) is 0 Å². The predicted molar refractivity (Wildman–Crippen MR) is 47.3 cm³/mol. The van der Waals surface area contributed by atoms with Crippen LogP contribution in [0.1, 0.15) is 20.3 Å². The third-order valence-corrected chi connectivity index (χ3v) is 1.27. The van der Waals surface area contributed by atoms with Gasteiger partial charge in [-0.05, 0) is 12.0 Å². The van der Waals surface area contributed by atoms with Gasteiger partial charge in [-0.3, -0.25) is 4.79 Å². The van der Waals surface area contributed by atoms with Gasteiger partial charge in [0, 0.05) is 13.5 Å². The summed E-state index contributed by atoms with van der Waals surface area (Å²) in [5, 5.41) is 2.70. The Morgan fingerprint density at radius 3 is 2.64 bits per heavy atom. The lowest BCUT2D eigenvalue weighted by Gasteiger charge is -2.01. The molecule has 1 N–H and O–H groups in total. The van der Waals surface area contributed by atoms with Crippen molar-refractivity contribution in [1.82, 2.24) is 5.32 Å². The second-order valence-electron chi connectivity index (χ2n) is 2.30. The Balaban J connectivity index is 3.79. The molecule has 0 atom stereocenters. The smallest absolute Gasteiger partial charge is 0.217 e. The topological polar surface area (TPSA) is 29.1 Å². The van der Waals surface area contributed by atoms with Crippen molar-refractivity contribution >= 4 is 5.91 Å². The Morgan fingerprint density at radius 1 is 1.64 bits per heavy atom. The quantitative estimate of drug-likeness (QED) is 0.611. The summed E-state index contributed by atoms with van der Waals surface area (Å²) in [6, 6.07) is 0. The molecule has 0 saturated carbocycles. The minimum Gasteiger partial charge on any atom is -0.352 e. The maximum Gasteiger partial charge on any atom is 0.217 e. The maximum absolute atomic E-state index is 10.5. The maximum atomic E-state index is 10.5. The second kappa shape index (κ2) is 5.71. The van der Waals surface area contributed by atoms with Crippen LogP contribution in [-0.4, -0.2) is 12.5 Å². The molecule has 0 aliphatic carbocycles. The molecule has 0 rings (SSSR count). The Bertz CT molecular complexity index is 170. The molecule has 0 aliphatic rings. The Kier molecular flexibility index (Phi) is 5.17. The molecule has 0 heterocycles. The molecule has 0 saturated heterocycles. The van der Waals surface area contributed by atoms with Crippen LogP contribution in [0.25, 0.3) is 0 Å². The lowest BCUT2D eigenvalue weighted by molar-refractivity contribution is -0.118. The molecule has 0 radical (unpaired) electrons. The molecule has 0 unspecified atom stereocenters.